The Hall–Kier alpha value is -2.54. The zero-order valence-corrected chi connectivity index (χ0v) is 13.8. The van der Waals surface area contributed by atoms with Gasteiger partial charge >= 0.3 is 0 Å². The van der Waals surface area contributed by atoms with E-state index in [9.17, 15) is 10.1 Å². The number of nitrogens with zero attached hydrogens (tertiary/aromatic N) is 3. The second-order valence-electron chi connectivity index (χ2n) is 6.24. The van der Waals surface area contributed by atoms with Gasteiger partial charge in [0, 0.05) is 28.8 Å². The highest BCUT2D eigenvalue weighted by Crippen LogP contribution is 2.28. The molecular weight excluding hydrogens is 312 g/mol. The molecule has 0 saturated heterocycles. The fourth-order valence-corrected chi connectivity index (χ4v) is 3.15. The third-order valence-corrected chi connectivity index (χ3v) is 4.42. The van der Waals surface area contributed by atoms with Crippen LogP contribution in [-0.4, -0.2) is 20.1 Å². The van der Waals surface area contributed by atoms with Crippen LogP contribution < -0.4 is 0 Å². The minimum Gasteiger partial charge on any atom is -0.281 e. The lowest BCUT2D eigenvalue weighted by Crippen LogP contribution is -2.13. The number of H-pyrrole nitrogens is 1. The molecule has 0 bridgehead atoms. The maximum Gasteiger partial charge on any atom is 0.271 e. The van der Waals surface area contributed by atoms with Crippen LogP contribution in [0.25, 0.3) is 22.4 Å². The molecule has 2 heterocycles. The fourth-order valence-electron chi connectivity index (χ4n) is 2.30. The molecule has 2 aromatic heterocycles. The van der Waals surface area contributed by atoms with Gasteiger partial charge in [0.25, 0.3) is 5.69 Å². The van der Waals surface area contributed by atoms with Crippen molar-refractivity contribution < 1.29 is 4.92 Å². The van der Waals surface area contributed by atoms with Crippen LogP contribution in [0.4, 0.5) is 5.69 Å². The zero-order chi connectivity index (χ0) is 16.6. The number of rotatable bonds is 3. The number of hydrogen-bond acceptors (Lipinski definition) is 5. The first-order chi connectivity index (χ1) is 10.8. The van der Waals surface area contributed by atoms with Crippen LogP contribution in [0.3, 0.4) is 0 Å². The number of nitro groups is 1. The van der Waals surface area contributed by atoms with Crippen molar-refractivity contribution >= 4 is 39.4 Å². The number of fused-ring (bicyclic) bond motifs is 1. The summed E-state index contributed by atoms with van der Waals surface area (Å²) in [7, 11) is 0. The number of nitrogens with one attached hydrogen (secondary N) is 1. The first-order valence-electron chi connectivity index (χ1n) is 7.11. The Kier molecular flexibility index (Phi) is 3.73. The summed E-state index contributed by atoms with van der Waals surface area (Å²) < 4.78 is 0.929. The molecule has 0 aliphatic carbocycles. The normalized spacial score (nSPS) is 12.3. The minimum atomic E-state index is -0.407. The second kappa shape index (κ2) is 5.58. The van der Waals surface area contributed by atoms with E-state index in [0.717, 1.165) is 21.0 Å². The monoisotopic (exact) mass is 328 g/mol. The molecule has 6 nitrogen and oxygen atoms in total. The van der Waals surface area contributed by atoms with Crippen LogP contribution in [0.1, 0.15) is 37.0 Å². The van der Waals surface area contributed by atoms with Crippen molar-refractivity contribution in [2.45, 2.75) is 26.2 Å². The van der Waals surface area contributed by atoms with E-state index in [1.807, 2.05) is 12.2 Å². The third kappa shape index (κ3) is 3.14. The largest absolute Gasteiger partial charge is 0.281 e. The number of benzene rings is 1. The summed E-state index contributed by atoms with van der Waals surface area (Å²) in [5.74, 6) is 0. The molecule has 0 aliphatic rings. The second-order valence-corrected chi connectivity index (χ2v) is 7.31. The van der Waals surface area contributed by atoms with Crippen LogP contribution in [0.15, 0.2) is 24.4 Å². The molecule has 1 aromatic carbocycles. The average Bonchev–Trinajstić information content (AvgIpc) is 3.09. The van der Waals surface area contributed by atoms with E-state index in [-0.39, 0.29) is 11.1 Å². The van der Waals surface area contributed by atoms with Crippen molar-refractivity contribution in [2.75, 3.05) is 0 Å². The van der Waals surface area contributed by atoms with Gasteiger partial charge in [-0.2, -0.15) is 5.10 Å². The van der Waals surface area contributed by atoms with Gasteiger partial charge in [-0.3, -0.25) is 15.2 Å². The molecule has 118 valence electrons. The van der Waals surface area contributed by atoms with Crippen molar-refractivity contribution in [3.8, 4) is 0 Å². The van der Waals surface area contributed by atoms with E-state index < -0.39 is 4.92 Å². The van der Waals surface area contributed by atoms with Gasteiger partial charge in [0.2, 0.25) is 0 Å². The Morgan fingerprint density at radius 3 is 2.78 bits per heavy atom. The Labute approximate surface area is 137 Å². The summed E-state index contributed by atoms with van der Waals surface area (Å²) in [6.07, 6.45) is 5.67. The lowest BCUT2D eigenvalue weighted by Gasteiger charge is -2.16. The van der Waals surface area contributed by atoms with E-state index in [4.69, 9.17) is 0 Å². The van der Waals surface area contributed by atoms with Crippen molar-refractivity contribution in [1.29, 1.82) is 0 Å². The van der Waals surface area contributed by atoms with Crippen LogP contribution in [0.2, 0.25) is 0 Å². The number of non-ortho nitro benzene ring substituents is 1. The zero-order valence-electron chi connectivity index (χ0n) is 13.0. The summed E-state index contributed by atoms with van der Waals surface area (Å²) in [5.41, 5.74) is 2.76. The molecule has 0 amide bonds. The van der Waals surface area contributed by atoms with Gasteiger partial charge in [0.1, 0.15) is 5.01 Å². The molecule has 3 aromatic rings. The summed E-state index contributed by atoms with van der Waals surface area (Å²) in [6.45, 7) is 6.36. The maximum atomic E-state index is 10.8. The predicted octanol–water partition coefficient (Wildman–Crippen LogP) is 4.40. The summed E-state index contributed by atoms with van der Waals surface area (Å²) >= 11 is 1.50. The highest BCUT2D eigenvalue weighted by Gasteiger charge is 2.18. The predicted molar refractivity (Wildman–Crippen MR) is 92.5 cm³/mol. The van der Waals surface area contributed by atoms with Gasteiger partial charge in [-0.25, -0.2) is 4.98 Å². The molecule has 23 heavy (non-hydrogen) atoms. The quantitative estimate of drug-likeness (QED) is 0.570. The average molecular weight is 328 g/mol. The van der Waals surface area contributed by atoms with Gasteiger partial charge in [0.15, 0.2) is 0 Å². The van der Waals surface area contributed by atoms with E-state index in [1.54, 1.807) is 12.3 Å². The molecule has 0 unspecified atom stereocenters. The lowest BCUT2D eigenvalue weighted by molar-refractivity contribution is -0.384. The molecule has 0 fully saturated rings. The number of hydrogen-bond donors (Lipinski definition) is 1. The van der Waals surface area contributed by atoms with Crippen molar-refractivity contribution in [3.05, 3.63) is 50.8 Å². The first-order valence-corrected chi connectivity index (χ1v) is 7.93. The summed E-state index contributed by atoms with van der Waals surface area (Å²) in [6, 6.07) is 4.74. The van der Waals surface area contributed by atoms with Crippen LogP contribution >= 0.6 is 11.3 Å². The Morgan fingerprint density at radius 2 is 2.09 bits per heavy atom. The van der Waals surface area contributed by atoms with E-state index in [2.05, 4.69) is 36.0 Å². The topological polar surface area (TPSA) is 84.7 Å². The van der Waals surface area contributed by atoms with E-state index in [0.29, 0.717) is 5.52 Å². The van der Waals surface area contributed by atoms with E-state index in [1.165, 1.54) is 23.5 Å². The Balaban J connectivity index is 1.93. The smallest absolute Gasteiger partial charge is 0.271 e. The third-order valence-electron chi connectivity index (χ3n) is 3.42. The molecule has 0 atom stereocenters. The van der Waals surface area contributed by atoms with Crippen molar-refractivity contribution in [1.82, 2.24) is 15.2 Å². The highest BCUT2D eigenvalue weighted by atomic mass is 32.1. The Morgan fingerprint density at radius 1 is 1.30 bits per heavy atom. The first kappa shape index (κ1) is 15.4. The highest BCUT2D eigenvalue weighted by molar-refractivity contribution is 7.19. The molecule has 0 aliphatic heterocycles. The van der Waals surface area contributed by atoms with Gasteiger partial charge in [-0.1, -0.05) is 20.8 Å². The van der Waals surface area contributed by atoms with Gasteiger partial charge < -0.3 is 0 Å². The van der Waals surface area contributed by atoms with Crippen LogP contribution in [-0.2, 0) is 5.41 Å². The number of nitro benzene ring substituents is 1. The van der Waals surface area contributed by atoms with Crippen molar-refractivity contribution in [3.63, 3.8) is 0 Å². The van der Waals surface area contributed by atoms with Crippen LogP contribution in [0, 0.1) is 10.1 Å². The molecule has 3 rings (SSSR count). The van der Waals surface area contributed by atoms with Crippen molar-refractivity contribution in [2.24, 2.45) is 0 Å². The van der Waals surface area contributed by atoms with Gasteiger partial charge in [-0.05, 0) is 18.2 Å². The molecule has 1 N–H and O–H groups in total. The number of aromatic amines is 1. The fraction of sp³-hybridized carbons (Fsp3) is 0.250. The molecule has 7 heteroatoms. The Bertz CT molecular complexity index is 902. The number of aromatic nitrogens is 3. The standard InChI is InChI=1S/C16H16N4O2S/c1-16(2,3)15-10(9-17-19-15)4-7-14-18-12-8-11(20(21)22)5-6-13(12)23-14/h4-9H,1-3H3,(H,17,19). The maximum absolute atomic E-state index is 10.8. The molecule has 0 spiro atoms. The minimum absolute atomic E-state index is 0.0234. The summed E-state index contributed by atoms with van der Waals surface area (Å²) in [5, 5.41) is 18.8. The van der Waals surface area contributed by atoms with Gasteiger partial charge in [-0.15, -0.1) is 11.3 Å². The SMILES string of the molecule is CC(C)(C)c1[nH]ncc1C=Cc1nc2cc([N+](=O)[O-])ccc2s1. The molecular formula is C16H16N4O2S. The van der Waals surface area contributed by atoms with Gasteiger partial charge in [0.05, 0.1) is 21.3 Å². The lowest BCUT2D eigenvalue weighted by atomic mass is 9.89. The molecule has 0 radical (unpaired) electrons. The summed E-state index contributed by atoms with van der Waals surface area (Å²) in [4.78, 5) is 14.9. The van der Waals surface area contributed by atoms with Crippen LogP contribution in [0.5, 0.6) is 0 Å². The number of thiazole rings is 1. The molecule has 0 saturated carbocycles. The van der Waals surface area contributed by atoms with E-state index >= 15 is 0 Å².